The van der Waals surface area contributed by atoms with Crippen LogP contribution >= 0.6 is 0 Å². The Morgan fingerprint density at radius 1 is 1.12 bits per heavy atom. The number of nitrogens with two attached hydrogens (primary N) is 1. The average molecular weight is 457 g/mol. The molecule has 0 saturated carbocycles. The molecule has 5 rings (SSSR count). The first kappa shape index (κ1) is 21.0. The van der Waals surface area contributed by atoms with Crippen molar-refractivity contribution in [3.63, 3.8) is 0 Å². The van der Waals surface area contributed by atoms with Gasteiger partial charge in [0.2, 0.25) is 5.91 Å². The number of rotatable bonds is 4. The van der Waals surface area contributed by atoms with E-state index in [0.717, 1.165) is 23.1 Å². The summed E-state index contributed by atoms with van der Waals surface area (Å²) in [6.07, 6.45) is 4.40. The molecule has 3 aromatic rings. The van der Waals surface area contributed by atoms with Crippen LogP contribution < -0.4 is 21.3 Å². The van der Waals surface area contributed by atoms with Crippen molar-refractivity contribution in [2.45, 2.75) is 0 Å². The van der Waals surface area contributed by atoms with E-state index in [1.54, 1.807) is 9.80 Å². The van der Waals surface area contributed by atoms with Crippen LogP contribution in [-0.2, 0) is 4.79 Å². The summed E-state index contributed by atoms with van der Waals surface area (Å²) in [5.74, 6) is -1.97. The number of halogens is 2. The number of amides is 2. The third-order valence-corrected chi connectivity index (χ3v) is 5.85. The van der Waals surface area contributed by atoms with Crippen molar-refractivity contribution in [3.05, 3.63) is 42.0 Å². The van der Waals surface area contributed by atoms with Crippen LogP contribution in [0.15, 0.2) is 24.8 Å². The molecule has 2 aliphatic heterocycles. The van der Waals surface area contributed by atoms with Crippen molar-refractivity contribution in [2.75, 3.05) is 55.2 Å². The minimum Gasteiger partial charge on any atom is -0.381 e. The summed E-state index contributed by atoms with van der Waals surface area (Å²) >= 11 is 0. The molecular weight excluding hydrogens is 436 g/mol. The monoisotopic (exact) mass is 457 g/mol. The maximum absolute atomic E-state index is 14.8. The highest BCUT2D eigenvalue weighted by atomic mass is 19.1. The number of fused-ring (bicyclic) bond motifs is 1. The Bertz CT molecular complexity index is 1240. The van der Waals surface area contributed by atoms with Gasteiger partial charge in [-0.25, -0.2) is 18.3 Å². The largest absolute Gasteiger partial charge is 0.381 e. The van der Waals surface area contributed by atoms with Crippen LogP contribution in [0.3, 0.4) is 0 Å². The fourth-order valence-corrected chi connectivity index (χ4v) is 4.04. The van der Waals surface area contributed by atoms with E-state index in [9.17, 15) is 18.4 Å². The lowest BCUT2D eigenvalue weighted by Crippen LogP contribution is -2.56. The molecule has 0 atom stereocenters. The lowest BCUT2D eigenvalue weighted by Gasteiger charge is -2.39. The second-order valence-corrected chi connectivity index (χ2v) is 7.94. The van der Waals surface area contributed by atoms with E-state index in [4.69, 9.17) is 5.73 Å². The van der Waals surface area contributed by atoms with E-state index in [1.807, 2.05) is 0 Å². The molecule has 4 N–H and O–H groups in total. The second-order valence-electron chi connectivity index (χ2n) is 7.94. The average Bonchev–Trinajstić information content (AvgIpc) is 3.07. The predicted octanol–water partition coefficient (Wildman–Crippen LogP) is 0.105. The molecule has 2 saturated heterocycles. The third-order valence-electron chi connectivity index (χ3n) is 5.85. The first-order valence-electron chi connectivity index (χ1n) is 10.4. The van der Waals surface area contributed by atoms with Gasteiger partial charge in [0.1, 0.15) is 11.3 Å². The lowest BCUT2D eigenvalue weighted by atomic mass is 10.0. The summed E-state index contributed by atoms with van der Waals surface area (Å²) < 4.78 is 29.3. The number of hydrogen-bond donors (Lipinski definition) is 3. The van der Waals surface area contributed by atoms with Crippen molar-refractivity contribution in [3.8, 4) is 0 Å². The Kier molecular flexibility index (Phi) is 5.24. The topological polar surface area (TPSA) is 134 Å². The molecule has 13 heteroatoms. The third kappa shape index (κ3) is 3.80. The quantitative estimate of drug-likeness (QED) is 0.503. The molecule has 2 aliphatic rings. The van der Waals surface area contributed by atoms with Gasteiger partial charge in [-0.1, -0.05) is 0 Å². The normalized spacial score (nSPS) is 16.7. The van der Waals surface area contributed by atoms with Gasteiger partial charge in [-0.2, -0.15) is 0 Å². The fourth-order valence-electron chi connectivity index (χ4n) is 4.04. The van der Waals surface area contributed by atoms with Gasteiger partial charge in [0.15, 0.2) is 23.1 Å². The van der Waals surface area contributed by atoms with Crippen molar-refractivity contribution in [1.29, 1.82) is 0 Å². The first-order chi connectivity index (χ1) is 15.9. The van der Waals surface area contributed by atoms with Gasteiger partial charge < -0.3 is 26.2 Å². The highest BCUT2D eigenvalue weighted by molar-refractivity contribution is 6.12. The van der Waals surface area contributed by atoms with Gasteiger partial charge in [-0.3, -0.25) is 14.6 Å². The van der Waals surface area contributed by atoms with Crippen LogP contribution in [0.25, 0.3) is 5.65 Å². The summed E-state index contributed by atoms with van der Waals surface area (Å²) in [5.41, 5.74) is 6.17. The zero-order valence-electron chi connectivity index (χ0n) is 17.5. The van der Waals surface area contributed by atoms with Crippen LogP contribution in [0.4, 0.5) is 26.0 Å². The van der Waals surface area contributed by atoms with Crippen molar-refractivity contribution in [2.24, 2.45) is 5.92 Å². The second kappa shape index (κ2) is 8.24. The fraction of sp³-hybridized carbons (Fsp3) is 0.350. The number of piperazine rings is 1. The van der Waals surface area contributed by atoms with Gasteiger partial charge >= 0.3 is 0 Å². The van der Waals surface area contributed by atoms with E-state index in [-0.39, 0.29) is 40.2 Å². The molecule has 0 bridgehead atoms. The van der Waals surface area contributed by atoms with Crippen LogP contribution in [0.1, 0.15) is 10.4 Å². The number of nitrogens with one attached hydrogen (secondary N) is 2. The minimum atomic E-state index is -0.679. The number of pyridine rings is 1. The molecule has 2 amide bonds. The van der Waals surface area contributed by atoms with Gasteiger partial charge in [0.25, 0.3) is 5.91 Å². The van der Waals surface area contributed by atoms with Crippen LogP contribution in [0.2, 0.25) is 0 Å². The molecule has 172 valence electrons. The highest BCUT2D eigenvalue weighted by Crippen LogP contribution is 2.30. The Labute approximate surface area is 186 Å². The molecule has 3 aromatic heterocycles. The van der Waals surface area contributed by atoms with E-state index in [2.05, 4.69) is 25.7 Å². The number of nitrogens with zero attached hydrogens (tertiary/aromatic N) is 6. The maximum Gasteiger partial charge on any atom is 0.263 e. The summed E-state index contributed by atoms with van der Waals surface area (Å²) in [7, 11) is 0. The predicted molar refractivity (Wildman–Crippen MR) is 115 cm³/mol. The van der Waals surface area contributed by atoms with Crippen molar-refractivity contribution < 1.29 is 18.4 Å². The van der Waals surface area contributed by atoms with Crippen LogP contribution in [0, 0.1) is 17.6 Å². The maximum atomic E-state index is 14.8. The van der Waals surface area contributed by atoms with Crippen LogP contribution in [-0.4, -0.2) is 75.6 Å². The Hall–Kier alpha value is -3.87. The summed E-state index contributed by atoms with van der Waals surface area (Å²) in [4.78, 5) is 36.7. The summed E-state index contributed by atoms with van der Waals surface area (Å²) in [6.45, 7) is 3.05. The molecule has 33 heavy (non-hydrogen) atoms. The van der Waals surface area contributed by atoms with Crippen molar-refractivity contribution in [1.82, 2.24) is 29.8 Å². The molecule has 0 radical (unpaired) electrons. The zero-order valence-corrected chi connectivity index (χ0v) is 17.5. The van der Waals surface area contributed by atoms with Gasteiger partial charge in [-0.15, -0.1) is 5.10 Å². The number of carbonyl (C=O) groups is 2. The van der Waals surface area contributed by atoms with Crippen molar-refractivity contribution >= 4 is 34.7 Å². The lowest BCUT2D eigenvalue weighted by molar-refractivity contribution is -0.137. The Balaban J connectivity index is 1.36. The van der Waals surface area contributed by atoms with E-state index < -0.39 is 17.5 Å². The molecule has 2 fully saturated rings. The SMILES string of the molecule is Nc1nn2cc(F)cnc2c1C(=O)Nc1cncc(F)c1N1CCN(C(=O)C2CNC2)CC1. The molecule has 0 aliphatic carbocycles. The molecule has 11 nitrogen and oxygen atoms in total. The number of carbonyl (C=O) groups excluding carboxylic acids is 2. The van der Waals surface area contributed by atoms with Crippen LogP contribution in [0.5, 0.6) is 0 Å². The first-order valence-corrected chi connectivity index (χ1v) is 10.4. The zero-order chi connectivity index (χ0) is 23.1. The van der Waals surface area contributed by atoms with Gasteiger partial charge in [-0.05, 0) is 0 Å². The molecule has 0 unspecified atom stereocenters. The number of anilines is 3. The summed E-state index contributed by atoms with van der Waals surface area (Å²) in [5, 5.41) is 9.62. The standard InChI is InChI=1S/C20H21F2N9O2/c21-12-7-26-18-15(17(23)28-31(18)10-12)19(32)27-14-9-25-8-13(22)16(14)29-1-3-30(4-2-29)20(33)11-5-24-6-11/h7-11,24H,1-6H2,(H2,23,28)(H,27,32). The Morgan fingerprint density at radius 3 is 2.58 bits per heavy atom. The highest BCUT2D eigenvalue weighted by Gasteiger charge is 2.32. The summed E-state index contributed by atoms with van der Waals surface area (Å²) in [6, 6.07) is 0. The molecule has 0 aromatic carbocycles. The van der Waals surface area contributed by atoms with Gasteiger partial charge in [0.05, 0.1) is 36.4 Å². The van der Waals surface area contributed by atoms with E-state index in [0.29, 0.717) is 39.3 Å². The number of nitrogen functional groups attached to an aromatic ring is 1. The number of aromatic nitrogens is 4. The number of hydrogen-bond acceptors (Lipinski definition) is 8. The van der Waals surface area contributed by atoms with E-state index >= 15 is 0 Å². The molecular formula is C20H21F2N9O2. The molecule has 0 spiro atoms. The van der Waals surface area contributed by atoms with E-state index in [1.165, 1.54) is 6.20 Å². The minimum absolute atomic E-state index is 0.00227. The smallest absolute Gasteiger partial charge is 0.263 e. The Morgan fingerprint density at radius 2 is 1.88 bits per heavy atom. The molecule has 5 heterocycles. The van der Waals surface area contributed by atoms with Gasteiger partial charge in [0, 0.05) is 39.3 Å².